The second kappa shape index (κ2) is 12.5. The molecule has 1 atom stereocenters. The number of nitrogens with one attached hydrogen (secondary N) is 2. The van der Waals surface area contributed by atoms with Crippen LogP contribution in [-0.4, -0.2) is 50.2 Å². The number of ether oxygens (including phenoxy) is 1. The minimum absolute atomic E-state index is 0.127. The second-order valence-electron chi connectivity index (χ2n) is 9.81. The van der Waals surface area contributed by atoms with Crippen molar-refractivity contribution in [2.75, 3.05) is 13.1 Å². The quantitative estimate of drug-likeness (QED) is 0.254. The summed E-state index contributed by atoms with van der Waals surface area (Å²) >= 11 is 0. The van der Waals surface area contributed by atoms with E-state index in [-0.39, 0.29) is 6.10 Å². The molecule has 0 saturated carbocycles. The molecule has 1 heterocycles. The highest BCUT2D eigenvalue weighted by Gasteiger charge is 2.22. The highest BCUT2D eigenvalue weighted by atomic mass is 32.2. The molecule has 4 N–H and O–H groups in total. The lowest BCUT2D eigenvalue weighted by molar-refractivity contribution is -0.131. The standard InChI is InChI=1S/C29H35N5O5S/c1-4-28(33-40(36,37)39-20(3)35)22-7-5-21-6-8-23(18-24(21)17-22)29(31)32-25-9-11-26(12-10-25)38-27-13-15-34(16-14-27)19(2)30/h5-12,17-18,27-28,30,33H,4,13-16H2,1-3H3,(H2,31,32). The van der Waals surface area contributed by atoms with Crippen LogP contribution in [0.2, 0.25) is 0 Å². The third-order valence-electron chi connectivity index (χ3n) is 6.79. The monoisotopic (exact) mass is 565 g/mol. The second-order valence-corrected chi connectivity index (χ2v) is 11.1. The maximum absolute atomic E-state index is 12.1. The topological polar surface area (TPSA) is 147 Å². The number of piperidine rings is 1. The number of fused-ring (bicyclic) bond motifs is 1. The van der Waals surface area contributed by atoms with Gasteiger partial charge in [-0.2, -0.15) is 13.1 Å². The van der Waals surface area contributed by atoms with E-state index in [1.807, 2.05) is 74.5 Å². The molecule has 1 saturated heterocycles. The van der Waals surface area contributed by atoms with Crippen molar-refractivity contribution in [2.24, 2.45) is 10.7 Å². The average Bonchev–Trinajstić information content (AvgIpc) is 2.91. The Labute approximate surface area is 234 Å². The van der Waals surface area contributed by atoms with Crippen molar-refractivity contribution in [2.45, 2.75) is 52.2 Å². The fourth-order valence-corrected chi connectivity index (χ4v) is 5.69. The van der Waals surface area contributed by atoms with Crippen molar-refractivity contribution in [3.63, 3.8) is 0 Å². The first-order chi connectivity index (χ1) is 19.0. The van der Waals surface area contributed by atoms with E-state index in [0.29, 0.717) is 23.8 Å². The highest BCUT2D eigenvalue weighted by Crippen LogP contribution is 2.26. The number of nitrogens with zero attached hydrogens (tertiary/aromatic N) is 2. The summed E-state index contributed by atoms with van der Waals surface area (Å²) in [6.07, 6.45) is 2.34. The number of amidine groups is 2. The van der Waals surface area contributed by atoms with Crippen LogP contribution in [0.25, 0.3) is 10.8 Å². The Kier molecular flexibility index (Phi) is 9.06. The first kappa shape index (κ1) is 29.0. The SMILES string of the molecule is CCC(NS(=O)(=O)OC(C)=O)c1ccc2ccc(C(N)=Nc3ccc(OC4CCN(C(C)=N)CC4)cc3)cc2c1. The summed E-state index contributed by atoms with van der Waals surface area (Å²) < 4.78 is 37.2. The third kappa shape index (κ3) is 7.57. The van der Waals surface area contributed by atoms with Crippen LogP contribution in [0, 0.1) is 5.41 Å². The fourth-order valence-electron chi connectivity index (χ4n) is 4.69. The molecule has 0 amide bonds. The lowest BCUT2D eigenvalue weighted by Crippen LogP contribution is -2.40. The Morgan fingerprint density at radius 2 is 1.75 bits per heavy atom. The molecule has 0 bridgehead atoms. The Morgan fingerprint density at radius 1 is 1.07 bits per heavy atom. The predicted molar refractivity (Wildman–Crippen MR) is 156 cm³/mol. The third-order valence-corrected chi connectivity index (χ3v) is 7.82. The van der Waals surface area contributed by atoms with Crippen LogP contribution >= 0.6 is 0 Å². The molecule has 3 aromatic rings. The van der Waals surface area contributed by atoms with Crippen LogP contribution in [0.4, 0.5) is 5.69 Å². The highest BCUT2D eigenvalue weighted by molar-refractivity contribution is 7.85. The van der Waals surface area contributed by atoms with Gasteiger partial charge in [0.05, 0.1) is 11.5 Å². The van der Waals surface area contributed by atoms with Gasteiger partial charge in [-0.3, -0.25) is 10.2 Å². The van der Waals surface area contributed by atoms with Crippen molar-refractivity contribution in [3.8, 4) is 5.75 Å². The maximum atomic E-state index is 12.1. The van der Waals surface area contributed by atoms with E-state index < -0.39 is 22.3 Å². The lowest BCUT2D eigenvalue weighted by atomic mass is 9.99. The summed E-state index contributed by atoms with van der Waals surface area (Å²) in [5.41, 5.74) is 8.50. The van der Waals surface area contributed by atoms with Gasteiger partial charge in [-0.15, -0.1) is 0 Å². The van der Waals surface area contributed by atoms with Crippen molar-refractivity contribution in [1.29, 1.82) is 5.41 Å². The van der Waals surface area contributed by atoms with Gasteiger partial charge in [-0.05, 0) is 66.1 Å². The molecule has 0 aromatic heterocycles. The van der Waals surface area contributed by atoms with Gasteiger partial charge in [0.25, 0.3) is 0 Å². The number of hydrogen-bond acceptors (Lipinski definition) is 7. The molecule has 10 nitrogen and oxygen atoms in total. The zero-order chi connectivity index (χ0) is 28.9. The number of carbonyl (C=O) groups is 1. The lowest BCUT2D eigenvalue weighted by Gasteiger charge is -2.32. The molecule has 0 radical (unpaired) electrons. The molecule has 1 fully saturated rings. The minimum atomic E-state index is -4.22. The Morgan fingerprint density at radius 3 is 2.38 bits per heavy atom. The van der Waals surface area contributed by atoms with Gasteiger partial charge in [0.15, 0.2) is 0 Å². The summed E-state index contributed by atoms with van der Waals surface area (Å²) in [6, 6.07) is 18.3. The van der Waals surface area contributed by atoms with Gasteiger partial charge >= 0.3 is 16.3 Å². The summed E-state index contributed by atoms with van der Waals surface area (Å²) in [4.78, 5) is 17.8. The van der Waals surface area contributed by atoms with E-state index in [4.69, 9.17) is 15.9 Å². The first-order valence-electron chi connectivity index (χ1n) is 13.2. The summed E-state index contributed by atoms with van der Waals surface area (Å²) in [5, 5.41) is 9.59. The van der Waals surface area contributed by atoms with Gasteiger partial charge in [0.1, 0.15) is 17.7 Å². The van der Waals surface area contributed by atoms with Crippen LogP contribution in [0.1, 0.15) is 57.2 Å². The van der Waals surface area contributed by atoms with Gasteiger partial charge in [0, 0.05) is 44.5 Å². The fraction of sp³-hybridized carbons (Fsp3) is 0.345. The zero-order valence-corrected chi connectivity index (χ0v) is 23.7. The molecule has 212 valence electrons. The van der Waals surface area contributed by atoms with E-state index in [0.717, 1.165) is 60.5 Å². The zero-order valence-electron chi connectivity index (χ0n) is 22.9. The number of aliphatic imine (C=N–C) groups is 1. The van der Waals surface area contributed by atoms with Gasteiger partial charge in [-0.1, -0.05) is 31.2 Å². The normalized spacial score (nSPS) is 15.6. The smallest absolute Gasteiger partial charge is 0.385 e. The Bertz CT molecular complexity index is 1510. The van der Waals surface area contributed by atoms with Crippen LogP contribution in [0.15, 0.2) is 65.7 Å². The van der Waals surface area contributed by atoms with E-state index in [1.54, 1.807) is 0 Å². The summed E-state index contributed by atoms with van der Waals surface area (Å²) in [6.45, 7) is 6.34. The Hall–Kier alpha value is -3.96. The molecular weight excluding hydrogens is 530 g/mol. The molecule has 40 heavy (non-hydrogen) atoms. The molecule has 1 aliphatic rings. The number of carbonyl (C=O) groups excluding carboxylic acids is 1. The largest absolute Gasteiger partial charge is 0.490 e. The molecule has 3 aromatic carbocycles. The number of nitrogens with two attached hydrogens (primary N) is 1. The van der Waals surface area contributed by atoms with Crippen molar-refractivity contribution >= 4 is 44.4 Å². The van der Waals surface area contributed by atoms with E-state index in [9.17, 15) is 13.2 Å². The van der Waals surface area contributed by atoms with E-state index in [1.165, 1.54) is 0 Å². The van der Waals surface area contributed by atoms with Crippen molar-refractivity contribution < 1.29 is 22.1 Å². The molecule has 4 rings (SSSR count). The van der Waals surface area contributed by atoms with Gasteiger partial charge in [0.2, 0.25) is 0 Å². The van der Waals surface area contributed by atoms with Gasteiger partial charge in [-0.25, -0.2) is 4.99 Å². The number of benzene rings is 3. The maximum Gasteiger partial charge on any atom is 0.385 e. The number of likely N-dealkylation sites (tertiary alicyclic amines) is 1. The van der Waals surface area contributed by atoms with Crippen LogP contribution in [0.5, 0.6) is 5.75 Å². The van der Waals surface area contributed by atoms with E-state index in [2.05, 4.69) is 18.8 Å². The summed E-state index contributed by atoms with van der Waals surface area (Å²) in [5.74, 6) is 0.811. The van der Waals surface area contributed by atoms with Crippen LogP contribution in [0.3, 0.4) is 0 Å². The molecule has 0 aliphatic carbocycles. The molecule has 11 heteroatoms. The molecule has 1 unspecified atom stereocenters. The average molecular weight is 566 g/mol. The molecule has 0 spiro atoms. The predicted octanol–water partition coefficient (Wildman–Crippen LogP) is 4.57. The molecular formula is C29H35N5O5S. The van der Waals surface area contributed by atoms with Crippen molar-refractivity contribution in [1.82, 2.24) is 9.62 Å². The van der Waals surface area contributed by atoms with Crippen molar-refractivity contribution in [3.05, 3.63) is 71.8 Å². The minimum Gasteiger partial charge on any atom is -0.490 e. The molecule has 1 aliphatic heterocycles. The van der Waals surface area contributed by atoms with Crippen LogP contribution < -0.4 is 15.2 Å². The summed E-state index contributed by atoms with van der Waals surface area (Å²) in [7, 11) is -4.22. The number of rotatable bonds is 9. The van der Waals surface area contributed by atoms with Gasteiger partial charge < -0.3 is 19.6 Å². The number of hydrogen-bond donors (Lipinski definition) is 3. The van der Waals surface area contributed by atoms with E-state index >= 15 is 0 Å². The Balaban J connectivity index is 1.46. The van der Waals surface area contributed by atoms with Crippen LogP contribution in [-0.2, 0) is 19.3 Å². The first-order valence-corrected chi connectivity index (χ1v) is 14.6.